The number of halogens is 1. The van der Waals surface area contributed by atoms with Gasteiger partial charge in [0, 0.05) is 19.6 Å². The fraction of sp³-hybridized carbons (Fsp3) is 0.391. The van der Waals surface area contributed by atoms with Gasteiger partial charge in [0.25, 0.3) is 5.91 Å². The van der Waals surface area contributed by atoms with Gasteiger partial charge in [0.2, 0.25) is 10.0 Å². The molecule has 11 heteroatoms. The summed E-state index contributed by atoms with van der Waals surface area (Å²) in [6.07, 6.45) is 2.30. The Labute approximate surface area is 197 Å². The molecule has 0 aromatic heterocycles. The van der Waals surface area contributed by atoms with E-state index in [-0.39, 0.29) is 12.1 Å². The third kappa shape index (κ3) is 6.03. The first-order valence-corrected chi connectivity index (χ1v) is 12.1. The molecule has 0 bridgehead atoms. The van der Waals surface area contributed by atoms with Crippen LogP contribution in [0.15, 0.2) is 41.3 Å². The van der Waals surface area contributed by atoms with Gasteiger partial charge in [0.15, 0.2) is 18.1 Å². The van der Waals surface area contributed by atoms with Gasteiger partial charge in [-0.2, -0.15) is 4.31 Å². The molecule has 34 heavy (non-hydrogen) atoms. The second kappa shape index (κ2) is 11.3. The molecule has 9 nitrogen and oxygen atoms in total. The number of sulfonamides is 1. The van der Waals surface area contributed by atoms with Crippen LogP contribution in [0.3, 0.4) is 0 Å². The smallest absolute Gasteiger partial charge is 0.338 e. The molecule has 0 aliphatic carbocycles. The normalized spacial score (nSPS) is 14.3. The zero-order valence-corrected chi connectivity index (χ0v) is 19.8. The number of hydrogen-bond donors (Lipinski definition) is 1. The first-order chi connectivity index (χ1) is 16.3. The molecule has 1 saturated heterocycles. The van der Waals surface area contributed by atoms with E-state index in [9.17, 15) is 22.4 Å². The molecule has 1 aliphatic heterocycles. The summed E-state index contributed by atoms with van der Waals surface area (Å²) in [6, 6.07) is 8.12. The Bertz CT molecular complexity index is 1150. The van der Waals surface area contributed by atoms with Crippen molar-refractivity contribution in [3.63, 3.8) is 0 Å². The molecule has 1 aliphatic rings. The van der Waals surface area contributed by atoms with Gasteiger partial charge in [-0.3, -0.25) is 4.79 Å². The molecule has 1 N–H and O–H groups in total. The highest BCUT2D eigenvalue weighted by Gasteiger charge is 2.29. The largest absolute Gasteiger partial charge is 0.493 e. The summed E-state index contributed by atoms with van der Waals surface area (Å²) < 4.78 is 56.5. The quantitative estimate of drug-likeness (QED) is 0.533. The Morgan fingerprint density at radius 3 is 2.38 bits per heavy atom. The zero-order valence-electron chi connectivity index (χ0n) is 19.0. The predicted octanol–water partition coefficient (Wildman–Crippen LogP) is 2.49. The second-order valence-electron chi connectivity index (χ2n) is 7.65. The third-order valence-electron chi connectivity index (χ3n) is 5.37. The number of methoxy groups -OCH3 is 2. The van der Waals surface area contributed by atoms with E-state index in [1.54, 1.807) is 18.2 Å². The van der Waals surface area contributed by atoms with E-state index in [2.05, 4.69) is 5.32 Å². The van der Waals surface area contributed by atoms with Crippen LogP contribution >= 0.6 is 0 Å². The number of carbonyl (C=O) groups excluding carboxylic acids is 2. The van der Waals surface area contributed by atoms with Crippen molar-refractivity contribution in [3.05, 3.63) is 53.3 Å². The summed E-state index contributed by atoms with van der Waals surface area (Å²) >= 11 is 0. The first-order valence-electron chi connectivity index (χ1n) is 10.7. The average Bonchev–Trinajstić information content (AvgIpc) is 2.86. The van der Waals surface area contributed by atoms with Gasteiger partial charge >= 0.3 is 5.97 Å². The second-order valence-corrected chi connectivity index (χ2v) is 9.56. The van der Waals surface area contributed by atoms with E-state index in [0.717, 1.165) is 30.2 Å². The maximum Gasteiger partial charge on any atom is 0.338 e. The molecule has 3 rings (SSSR count). The zero-order chi connectivity index (χ0) is 24.7. The Balaban J connectivity index is 1.59. The lowest BCUT2D eigenvalue weighted by Crippen LogP contribution is -2.36. The number of amides is 1. The third-order valence-corrected chi connectivity index (χ3v) is 7.29. The van der Waals surface area contributed by atoms with E-state index in [1.165, 1.54) is 18.5 Å². The fourth-order valence-corrected chi connectivity index (χ4v) is 5.14. The summed E-state index contributed by atoms with van der Waals surface area (Å²) in [5.74, 6) is -1.39. The highest BCUT2D eigenvalue weighted by molar-refractivity contribution is 7.89. The van der Waals surface area contributed by atoms with Crippen molar-refractivity contribution in [3.8, 4) is 11.5 Å². The van der Waals surface area contributed by atoms with Crippen molar-refractivity contribution in [2.24, 2.45) is 0 Å². The van der Waals surface area contributed by atoms with Crippen molar-refractivity contribution in [2.75, 3.05) is 33.9 Å². The van der Waals surface area contributed by atoms with Gasteiger partial charge in [-0.15, -0.1) is 0 Å². The number of benzene rings is 2. The standard InChI is InChI=1S/C23H27FN2O7S/c1-31-19-9-6-16(12-20(19)32-2)14-25-22(27)15-33-23(28)17-7-8-18(24)21(13-17)34(29,30)26-10-4-3-5-11-26/h6-9,12-13H,3-5,10-11,14-15H2,1-2H3,(H,25,27). The van der Waals surface area contributed by atoms with Gasteiger partial charge in [-0.1, -0.05) is 12.5 Å². The van der Waals surface area contributed by atoms with Crippen LogP contribution in [-0.4, -0.2) is 58.5 Å². The van der Waals surface area contributed by atoms with E-state index >= 15 is 0 Å². The summed E-state index contributed by atoms with van der Waals surface area (Å²) in [5.41, 5.74) is 0.577. The molecule has 184 valence electrons. The molecule has 0 unspecified atom stereocenters. The molecule has 1 heterocycles. The van der Waals surface area contributed by atoms with Crippen LogP contribution in [0, 0.1) is 5.82 Å². The molecule has 1 fully saturated rings. The van der Waals surface area contributed by atoms with Crippen molar-refractivity contribution in [1.29, 1.82) is 0 Å². The Kier molecular flexibility index (Phi) is 8.46. The van der Waals surface area contributed by atoms with Gasteiger partial charge < -0.3 is 19.5 Å². The first kappa shape index (κ1) is 25.4. The van der Waals surface area contributed by atoms with Crippen LogP contribution in [0.5, 0.6) is 11.5 Å². The number of ether oxygens (including phenoxy) is 3. The molecule has 0 spiro atoms. The summed E-state index contributed by atoms with van der Waals surface area (Å²) in [5, 5.41) is 2.61. The number of esters is 1. The average molecular weight is 495 g/mol. The van der Waals surface area contributed by atoms with E-state index in [0.29, 0.717) is 37.4 Å². The number of hydrogen-bond acceptors (Lipinski definition) is 7. The number of nitrogens with one attached hydrogen (secondary N) is 1. The maximum atomic E-state index is 14.3. The van der Waals surface area contributed by atoms with Crippen molar-refractivity contribution in [2.45, 2.75) is 30.7 Å². The Hall–Kier alpha value is -3.18. The van der Waals surface area contributed by atoms with E-state index < -0.39 is 39.2 Å². The predicted molar refractivity (Wildman–Crippen MR) is 121 cm³/mol. The van der Waals surface area contributed by atoms with E-state index in [4.69, 9.17) is 14.2 Å². The van der Waals surface area contributed by atoms with Crippen molar-refractivity contribution < 1.29 is 36.6 Å². The van der Waals surface area contributed by atoms with Crippen LogP contribution in [0.25, 0.3) is 0 Å². The highest BCUT2D eigenvalue weighted by atomic mass is 32.2. The number of piperidine rings is 1. The number of nitrogens with zero attached hydrogens (tertiary/aromatic N) is 1. The molecule has 0 saturated carbocycles. The summed E-state index contributed by atoms with van der Waals surface area (Å²) in [4.78, 5) is 23.9. The molecule has 2 aromatic rings. The molecule has 2 aromatic carbocycles. The lowest BCUT2D eigenvalue weighted by Gasteiger charge is -2.26. The lowest BCUT2D eigenvalue weighted by molar-refractivity contribution is -0.124. The number of carbonyl (C=O) groups is 2. The monoisotopic (exact) mass is 494 g/mol. The van der Waals surface area contributed by atoms with Gasteiger partial charge in [-0.25, -0.2) is 17.6 Å². The number of rotatable bonds is 9. The Morgan fingerprint density at radius 2 is 1.71 bits per heavy atom. The van der Waals surface area contributed by atoms with Crippen molar-refractivity contribution >= 4 is 21.9 Å². The maximum absolute atomic E-state index is 14.3. The summed E-state index contributed by atoms with van der Waals surface area (Å²) in [6.45, 7) is 0.177. The molecular weight excluding hydrogens is 467 g/mol. The van der Waals surface area contributed by atoms with Gasteiger partial charge in [0.1, 0.15) is 10.7 Å². The SMILES string of the molecule is COc1ccc(CNC(=O)COC(=O)c2ccc(F)c(S(=O)(=O)N3CCCCC3)c2)cc1OC. The van der Waals surface area contributed by atoms with Crippen LogP contribution in [-0.2, 0) is 26.1 Å². The van der Waals surface area contributed by atoms with Crippen LogP contribution < -0.4 is 14.8 Å². The van der Waals surface area contributed by atoms with Crippen LogP contribution in [0.1, 0.15) is 35.2 Å². The van der Waals surface area contributed by atoms with Gasteiger partial charge in [-0.05, 0) is 48.7 Å². The minimum atomic E-state index is -4.08. The lowest BCUT2D eigenvalue weighted by atomic mass is 10.2. The van der Waals surface area contributed by atoms with Crippen LogP contribution in [0.4, 0.5) is 4.39 Å². The fourth-order valence-electron chi connectivity index (χ4n) is 3.53. The molecular formula is C23H27FN2O7S. The summed E-state index contributed by atoms with van der Waals surface area (Å²) in [7, 11) is -1.07. The Morgan fingerprint density at radius 1 is 1.00 bits per heavy atom. The molecule has 0 radical (unpaired) electrons. The van der Waals surface area contributed by atoms with Crippen molar-refractivity contribution in [1.82, 2.24) is 9.62 Å². The minimum Gasteiger partial charge on any atom is -0.493 e. The molecule has 0 atom stereocenters. The minimum absolute atomic E-state index is 0.158. The van der Waals surface area contributed by atoms with Gasteiger partial charge in [0.05, 0.1) is 19.8 Å². The van der Waals surface area contributed by atoms with E-state index in [1.807, 2.05) is 0 Å². The van der Waals surface area contributed by atoms with Crippen LogP contribution in [0.2, 0.25) is 0 Å². The molecule has 1 amide bonds. The topological polar surface area (TPSA) is 111 Å². The highest BCUT2D eigenvalue weighted by Crippen LogP contribution is 2.27.